The molecule has 2 aliphatic rings. The van der Waals surface area contributed by atoms with Crippen LogP contribution in [0.4, 0.5) is 11.4 Å². The van der Waals surface area contributed by atoms with Crippen molar-refractivity contribution in [2.24, 2.45) is 10.2 Å². The third-order valence-corrected chi connectivity index (χ3v) is 5.49. The topological polar surface area (TPSA) is 128 Å². The molecule has 0 saturated heterocycles. The molecule has 3 aromatic rings. The van der Waals surface area contributed by atoms with E-state index in [1.165, 1.54) is 28.3 Å². The number of hydrazone groups is 2. The molecule has 0 bridgehead atoms. The Morgan fingerprint density at radius 3 is 2.66 bits per heavy atom. The Bertz CT molecular complexity index is 1340. The molecule has 3 N–H and O–H groups in total. The average Bonchev–Trinajstić information content (AvgIpc) is 3.34. The Hall–Kier alpha value is -4.40. The van der Waals surface area contributed by atoms with Crippen LogP contribution in [0.2, 0.25) is 0 Å². The van der Waals surface area contributed by atoms with E-state index in [0.717, 1.165) is 12.8 Å². The van der Waals surface area contributed by atoms with Crippen LogP contribution in [0.5, 0.6) is 5.75 Å². The second-order valence-corrected chi connectivity index (χ2v) is 7.50. The molecule has 0 unspecified atom stereocenters. The summed E-state index contributed by atoms with van der Waals surface area (Å²) in [5.74, 6) is -1.82. The minimum absolute atomic E-state index is 0.128. The van der Waals surface area contributed by atoms with Gasteiger partial charge in [-0.15, -0.1) is 0 Å². The second-order valence-electron chi connectivity index (χ2n) is 7.50. The number of carboxylic acid groups (broad SMARTS) is 1. The van der Waals surface area contributed by atoms with Gasteiger partial charge in [-0.1, -0.05) is 12.1 Å². The van der Waals surface area contributed by atoms with E-state index >= 15 is 0 Å². The molecule has 0 radical (unpaired) electrons. The summed E-state index contributed by atoms with van der Waals surface area (Å²) in [6.07, 6.45) is 2.05. The van der Waals surface area contributed by atoms with Gasteiger partial charge in [-0.2, -0.15) is 15.2 Å². The first-order valence-electron chi connectivity index (χ1n) is 9.93. The Kier molecular flexibility index (Phi) is 4.51. The predicted molar refractivity (Wildman–Crippen MR) is 118 cm³/mol. The van der Waals surface area contributed by atoms with Crippen molar-refractivity contribution >= 4 is 34.7 Å². The summed E-state index contributed by atoms with van der Waals surface area (Å²) in [6.45, 7) is 1.69. The highest BCUT2D eigenvalue weighted by Crippen LogP contribution is 2.36. The van der Waals surface area contributed by atoms with Crippen LogP contribution in [0.1, 0.15) is 28.6 Å². The van der Waals surface area contributed by atoms with Gasteiger partial charge in [-0.3, -0.25) is 10.2 Å². The van der Waals surface area contributed by atoms with Crippen molar-refractivity contribution in [3.05, 3.63) is 65.4 Å². The zero-order valence-electron chi connectivity index (χ0n) is 17.0. The third kappa shape index (κ3) is 3.20. The van der Waals surface area contributed by atoms with Gasteiger partial charge >= 0.3 is 11.9 Å². The van der Waals surface area contributed by atoms with Crippen molar-refractivity contribution in [2.45, 2.75) is 19.8 Å². The molecule has 1 amide bonds. The molecule has 9 nitrogen and oxygen atoms in total. The highest BCUT2D eigenvalue weighted by Gasteiger charge is 2.31. The summed E-state index contributed by atoms with van der Waals surface area (Å²) in [5, 5.41) is 29.5. The number of fused-ring (bicyclic) bond motifs is 1. The zero-order chi connectivity index (χ0) is 22.4. The number of phenolic OH excluding ortho intramolecular Hbond substituents is 1. The summed E-state index contributed by atoms with van der Waals surface area (Å²) >= 11 is 0. The third-order valence-electron chi connectivity index (χ3n) is 5.49. The van der Waals surface area contributed by atoms with E-state index in [1.807, 2.05) is 18.2 Å². The van der Waals surface area contributed by atoms with Crippen molar-refractivity contribution in [3.63, 3.8) is 0 Å². The summed E-state index contributed by atoms with van der Waals surface area (Å²) in [6, 6.07) is 13.4. The average molecular weight is 430 g/mol. The minimum Gasteiger partial charge on any atom is -0.505 e. The van der Waals surface area contributed by atoms with Crippen molar-refractivity contribution in [3.8, 4) is 17.1 Å². The predicted octanol–water partition coefficient (Wildman–Crippen LogP) is 3.64. The Morgan fingerprint density at radius 2 is 1.97 bits per heavy atom. The lowest BCUT2D eigenvalue weighted by molar-refractivity contribution is -0.112. The summed E-state index contributed by atoms with van der Waals surface area (Å²) in [4.78, 5) is 23.9. The molecule has 32 heavy (non-hydrogen) atoms. The summed E-state index contributed by atoms with van der Waals surface area (Å²) in [7, 11) is 0. The van der Waals surface area contributed by atoms with Gasteiger partial charge in [0.15, 0.2) is 11.5 Å². The number of anilines is 2. The Labute approximate surface area is 182 Å². The van der Waals surface area contributed by atoms with E-state index < -0.39 is 5.97 Å². The van der Waals surface area contributed by atoms with Gasteiger partial charge in [0.05, 0.1) is 22.6 Å². The van der Waals surface area contributed by atoms with E-state index in [0.29, 0.717) is 11.4 Å². The number of aryl methyl sites for hydroxylation is 2. The quantitative estimate of drug-likeness (QED) is 0.419. The number of phenols is 1. The van der Waals surface area contributed by atoms with Gasteiger partial charge in [-0.25, -0.2) is 4.79 Å². The first-order valence-corrected chi connectivity index (χ1v) is 9.93. The minimum atomic E-state index is -1.21. The van der Waals surface area contributed by atoms with Crippen LogP contribution in [0.3, 0.4) is 0 Å². The smallest absolute Gasteiger partial charge is 0.371 e. The van der Waals surface area contributed by atoms with E-state index in [4.69, 9.17) is 9.52 Å². The number of hydrogen-bond acceptors (Lipinski definition) is 7. The summed E-state index contributed by atoms with van der Waals surface area (Å²) in [5.41, 5.74) is 6.99. The molecule has 9 heteroatoms. The van der Waals surface area contributed by atoms with E-state index in [2.05, 4.69) is 15.6 Å². The number of carbonyl (C=O) groups is 2. The number of nitrogens with zero attached hydrogens (tertiary/aromatic N) is 3. The number of furan rings is 1. The molecule has 1 aliphatic carbocycles. The number of carbonyl (C=O) groups excluding carboxylic acids is 1. The lowest BCUT2D eigenvalue weighted by atomic mass is 9.88. The molecule has 2 aromatic carbocycles. The number of hydrogen-bond donors (Lipinski definition) is 3. The number of carboxylic acids is 1. The monoisotopic (exact) mass is 430 g/mol. The first-order chi connectivity index (χ1) is 15.4. The van der Waals surface area contributed by atoms with E-state index in [9.17, 15) is 14.7 Å². The maximum atomic E-state index is 12.9. The SMILES string of the molecule is CC1=NN(c2ccc3c(c2)CC3)C(=O)C1=NNc1cccc(-c2ccc(C(=O)O)o2)c1O. The molecule has 160 valence electrons. The Morgan fingerprint density at radius 1 is 1.16 bits per heavy atom. The molecular weight excluding hydrogens is 412 g/mol. The van der Waals surface area contributed by atoms with Crippen molar-refractivity contribution in [1.82, 2.24) is 0 Å². The van der Waals surface area contributed by atoms with Crippen LogP contribution in [0.15, 0.2) is 63.2 Å². The lowest BCUT2D eigenvalue weighted by Gasteiger charge is -2.21. The second kappa shape index (κ2) is 7.38. The number of amides is 1. The normalized spacial score (nSPS) is 16.0. The molecule has 0 saturated carbocycles. The molecule has 0 fully saturated rings. The molecule has 1 aliphatic heterocycles. The molecule has 2 heterocycles. The lowest BCUT2D eigenvalue weighted by Crippen LogP contribution is -2.28. The fourth-order valence-corrected chi connectivity index (χ4v) is 3.66. The number of nitrogens with one attached hydrogen (secondary N) is 1. The fourth-order valence-electron chi connectivity index (χ4n) is 3.66. The van der Waals surface area contributed by atoms with Crippen molar-refractivity contribution in [1.29, 1.82) is 0 Å². The number of aromatic hydroxyl groups is 1. The van der Waals surface area contributed by atoms with Crippen LogP contribution >= 0.6 is 0 Å². The van der Waals surface area contributed by atoms with E-state index in [1.54, 1.807) is 25.1 Å². The first kappa shape index (κ1) is 19.6. The van der Waals surface area contributed by atoms with Crippen LogP contribution in [-0.4, -0.2) is 33.5 Å². The van der Waals surface area contributed by atoms with Crippen molar-refractivity contribution in [2.75, 3.05) is 10.4 Å². The van der Waals surface area contributed by atoms with Gasteiger partial charge in [0.25, 0.3) is 0 Å². The largest absolute Gasteiger partial charge is 0.505 e. The maximum Gasteiger partial charge on any atom is 0.371 e. The zero-order valence-corrected chi connectivity index (χ0v) is 17.0. The molecule has 0 atom stereocenters. The standard InChI is InChI=1S/C23H18N4O5/c1-12-20(22(29)27(26-12)15-8-7-13-5-6-14(13)11-15)25-24-17-4-2-3-16(21(17)28)18-9-10-19(32-18)23(30)31/h2-4,7-11,24,28H,5-6H2,1H3,(H,30,31). The maximum absolute atomic E-state index is 12.9. The summed E-state index contributed by atoms with van der Waals surface area (Å²) < 4.78 is 5.26. The van der Waals surface area contributed by atoms with Crippen LogP contribution in [0, 0.1) is 0 Å². The fraction of sp³-hybridized carbons (Fsp3) is 0.130. The van der Waals surface area contributed by atoms with Crippen LogP contribution < -0.4 is 10.4 Å². The molecule has 0 spiro atoms. The molecule has 1 aromatic heterocycles. The van der Waals surface area contributed by atoms with Gasteiger partial charge in [0, 0.05) is 0 Å². The van der Waals surface area contributed by atoms with Crippen molar-refractivity contribution < 1.29 is 24.2 Å². The molecule has 5 rings (SSSR count). The van der Waals surface area contributed by atoms with Crippen LogP contribution in [-0.2, 0) is 17.6 Å². The van der Waals surface area contributed by atoms with Gasteiger partial charge in [0.1, 0.15) is 5.76 Å². The highest BCUT2D eigenvalue weighted by atomic mass is 16.4. The van der Waals surface area contributed by atoms with Gasteiger partial charge in [0.2, 0.25) is 5.76 Å². The molecular formula is C23H18N4O5. The number of benzene rings is 2. The Balaban J connectivity index is 1.39. The van der Waals surface area contributed by atoms with Gasteiger partial charge in [-0.05, 0) is 67.3 Å². The van der Waals surface area contributed by atoms with Crippen LogP contribution in [0.25, 0.3) is 11.3 Å². The number of rotatable bonds is 5. The number of aromatic carboxylic acids is 1. The number of para-hydroxylation sites is 1. The van der Waals surface area contributed by atoms with Gasteiger partial charge < -0.3 is 14.6 Å². The highest BCUT2D eigenvalue weighted by molar-refractivity contribution is 6.71. The van der Waals surface area contributed by atoms with E-state index in [-0.39, 0.29) is 40.1 Å².